The fourth-order valence-electron chi connectivity index (χ4n) is 3.91. The molecule has 1 aromatic carbocycles. The van der Waals surface area contributed by atoms with Crippen molar-refractivity contribution < 1.29 is 9.59 Å². The first kappa shape index (κ1) is 17.9. The molecule has 25 heavy (non-hydrogen) atoms. The van der Waals surface area contributed by atoms with Crippen LogP contribution in [0, 0.1) is 0 Å². The second kappa shape index (κ2) is 8.48. The quantitative estimate of drug-likeness (QED) is 0.837. The van der Waals surface area contributed by atoms with Gasteiger partial charge in [0, 0.05) is 26.2 Å². The van der Waals surface area contributed by atoms with Gasteiger partial charge in [-0.2, -0.15) is 0 Å². The highest BCUT2D eigenvalue weighted by atomic mass is 16.2. The standard InChI is InChI=1S/C20H29N3O2/c1-2-21-11-7-12-22(15-14-21)20(25)18-10-6-13-23(18)19(24)16-17-8-4-3-5-9-17/h3-5,8-9,18H,2,6-7,10-16H2,1H3/t18-/m0/s1. The van der Waals surface area contributed by atoms with Gasteiger partial charge < -0.3 is 14.7 Å². The second-order valence-corrected chi connectivity index (χ2v) is 7.02. The number of benzene rings is 1. The molecule has 0 bridgehead atoms. The maximum absolute atomic E-state index is 13.0. The third-order valence-electron chi connectivity index (χ3n) is 5.40. The SMILES string of the molecule is CCN1CCCN(C(=O)[C@@H]2CCCN2C(=O)Cc2ccccc2)CC1. The van der Waals surface area contributed by atoms with E-state index in [0.717, 1.165) is 57.5 Å². The van der Waals surface area contributed by atoms with Gasteiger partial charge in [0.2, 0.25) is 11.8 Å². The summed E-state index contributed by atoms with van der Waals surface area (Å²) in [5, 5.41) is 0. The molecule has 0 aliphatic carbocycles. The summed E-state index contributed by atoms with van der Waals surface area (Å²) in [4.78, 5) is 31.9. The van der Waals surface area contributed by atoms with Crippen LogP contribution >= 0.6 is 0 Å². The first-order chi connectivity index (χ1) is 12.2. The van der Waals surface area contributed by atoms with E-state index in [-0.39, 0.29) is 17.9 Å². The Balaban J connectivity index is 1.62. The third-order valence-corrected chi connectivity index (χ3v) is 5.40. The van der Waals surface area contributed by atoms with Crippen molar-refractivity contribution in [3.05, 3.63) is 35.9 Å². The topological polar surface area (TPSA) is 43.9 Å². The van der Waals surface area contributed by atoms with E-state index in [4.69, 9.17) is 0 Å². The molecule has 1 aromatic rings. The smallest absolute Gasteiger partial charge is 0.245 e. The second-order valence-electron chi connectivity index (χ2n) is 7.02. The fraction of sp³-hybridized carbons (Fsp3) is 0.600. The van der Waals surface area contributed by atoms with Crippen molar-refractivity contribution in [1.82, 2.24) is 14.7 Å². The van der Waals surface area contributed by atoms with Gasteiger partial charge in [-0.25, -0.2) is 0 Å². The molecule has 5 heteroatoms. The van der Waals surface area contributed by atoms with Gasteiger partial charge >= 0.3 is 0 Å². The molecule has 1 atom stereocenters. The summed E-state index contributed by atoms with van der Waals surface area (Å²) in [6, 6.07) is 9.54. The molecular formula is C20H29N3O2. The van der Waals surface area contributed by atoms with Crippen LogP contribution in [-0.4, -0.2) is 71.8 Å². The monoisotopic (exact) mass is 343 g/mol. The lowest BCUT2D eigenvalue weighted by molar-refractivity contribution is -0.143. The Bertz CT molecular complexity index is 590. The van der Waals surface area contributed by atoms with Gasteiger partial charge in [0.05, 0.1) is 6.42 Å². The molecule has 2 aliphatic rings. The lowest BCUT2D eigenvalue weighted by Crippen LogP contribution is -2.49. The Labute approximate surface area is 150 Å². The van der Waals surface area contributed by atoms with Gasteiger partial charge in [0.25, 0.3) is 0 Å². The number of likely N-dealkylation sites (tertiary alicyclic amines) is 1. The van der Waals surface area contributed by atoms with E-state index in [1.54, 1.807) is 0 Å². The number of carbonyl (C=O) groups excluding carboxylic acids is 2. The van der Waals surface area contributed by atoms with Crippen molar-refractivity contribution >= 4 is 11.8 Å². The van der Waals surface area contributed by atoms with Crippen molar-refractivity contribution in [3.8, 4) is 0 Å². The maximum atomic E-state index is 13.0. The molecule has 2 amide bonds. The van der Waals surface area contributed by atoms with Crippen LogP contribution in [0.5, 0.6) is 0 Å². The predicted octanol–water partition coefficient (Wildman–Crippen LogP) is 1.77. The van der Waals surface area contributed by atoms with Crippen LogP contribution in [0.15, 0.2) is 30.3 Å². The zero-order valence-electron chi connectivity index (χ0n) is 15.2. The van der Waals surface area contributed by atoms with Crippen LogP contribution in [0.25, 0.3) is 0 Å². The first-order valence-electron chi connectivity index (χ1n) is 9.53. The molecule has 0 spiro atoms. The summed E-state index contributed by atoms with van der Waals surface area (Å²) in [5.41, 5.74) is 1.01. The summed E-state index contributed by atoms with van der Waals surface area (Å²) in [6.07, 6.45) is 3.12. The van der Waals surface area contributed by atoms with E-state index in [9.17, 15) is 9.59 Å². The number of hydrogen-bond acceptors (Lipinski definition) is 3. The number of amides is 2. The Morgan fingerprint density at radius 2 is 1.80 bits per heavy atom. The highest BCUT2D eigenvalue weighted by Gasteiger charge is 2.36. The number of carbonyl (C=O) groups is 2. The van der Waals surface area contributed by atoms with Gasteiger partial charge in [-0.3, -0.25) is 9.59 Å². The normalized spacial score (nSPS) is 22.0. The van der Waals surface area contributed by atoms with E-state index in [0.29, 0.717) is 13.0 Å². The minimum absolute atomic E-state index is 0.0760. The van der Waals surface area contributed by atoms with Crippen LogP contribution in [0.2, 0.25) is 0 Å². The zero-order valence-corrected chi connectivity index (χ0v) is 15.2. The molecule has 0 aromatic heterocycles. The zero-order chi connectivity index (χ0) is 17.6. The lowest BCUT2D eigenvalue weighted by Gasteiger charge is -2.30. The predicted molar refractivity (Wildman–Crippen MR) is 98.2 cm³/mol. The summed E-state index contributed by atoms with van der Waals surface area (Å²) in [7, 11) is 0. The van der Waals surface area contributed by atoms with Crippen LogP contribution in [0.3, 0.4) is 0 Å². The van der Waals surface area contributed by atoms with Crippen molar-refractivity contribution in [2.45, 2.75) is 38.6 Å². The van der Waals surface area contributed by atoms with Crippen LogP contribution in [0.4, 0.5) is 0 Å². The van der Waals surface area contributed by atoms with E-state index in [1.807, 2.05) is 40.1 Å². The van der Waals surface area contributed by atoms with Gasteiger partial charge in [-0.15, -0.1) is 0 Å². The number of likely N-dealkylation sites (N-methyl/N-ethyl adjacent to an activating group) is 1. The number of rotatable bonds is 4. The summed E-state index contributed by atoms with van der Waals surface area (Å²) in [5.74, 6) is 0.226. The van der Waals surface area contributed by atoms with Gasteiger partial charge in [-0.1, -0.05) is 37.3 Å². The molecular weight excluding hydrogens is 314 g/mol. The molecule has 0 N–H and O–H groups in total. The number of nitrogens with zero attached hydrogens (tertiary/aromatic N) is 3. The highest BCUT2D eigenvalue weighted by Crippen LogP contribution is 2.21. The van der Waals surface area contributed by atoms with Gasteiger partial charge in [-0.05, 0) is 37.9 Å². The minimum Gasteiger partial charge on any atom is -0.340 e. The van der Waals surface area contributed by atoms with Crippen molar-refractivity contribution in [2.75, 3.05) is 39.3 Å². The highest BCUT2D eigenvalue weighted by molar-refractivity contribution is 5.89. The molecule has 0 unspecified atom stereocenters. The van der Waals surface area contributed by atoms with E-state index < -0.39 is 0 Å². The van der Waals surface area contributed by atoms with E-state index >= 15 is 0 Å². The Morgan fingerprint density at radius 1 is 1.00 bits per heavy atom. The van der Waals surface area contributed by atoms with Crippen molar-refractivity contribution in [1.29, 1.82) is 0 Å². The molecule has 2 saturated heterocycles. The summed E-state index contributed by atoms with van der Waals surface area (Å²) < 4.78 is 0. The maximum Gasteiger partial charge on any atom is 0.245 e. The molecule has 2 heterocycles. The molecule has 0 saturated carbocycles. The minimum atomic E-state index is -0.260. The van der Waals surface area contributed by atoms with Crippen molar-refractivity contribution in [3.63, 3.8) is 0 Å². The lowest BCUT2D eigenvalue weighted by atomic mass is 10.1. The van der Waals surface area contributed by atoms with Gasteiger partial charge in [0.15, 0.2) is 0 Å². The van der Waals surface area contributed by atoms with Crippen LogP contribution < -0.4 is 0 Å². The third kappa shape index (κ3) is 4.40. The molecule has 136 valence electrons. The van der Waals surface area contributed by atoms with Gasteiger partial charge in [0.1, 0.15) is 6.04 Å². The van der Waals surface area contributed by atoms with E-state index in [2.05, 4.69) is 11.8 Å². The molecule has 2 aliphatic heterocycles. The first-order valence-corrected chi connectivity index (χ1v) is 9.53. The number of hydrogen-bond donors (Lipinski definition) is 0. The molecule has 0 radical (unpaired) electrons. The average molecular weight is 343 g/mol. The Morgan fingerprint density at radius 3 is 2.56 bits per heavy atom. The van der Waals surface area contributed by atoms with Crippen LogP contribution in [-0.2, 0) is 16.0 Å². The molecule has 3 rings (SSSR count). The average Bonchev–Trinajstić information content (AvgIpc) is 3.00. The van der Waals surface area contributed by atoms with E-state index in [1.165, 1.54) is 0 Å². The van der Waals surface area contributed by atoms with Crippen molar-refractivity contribution in [2.24, 2.45) is 0 Å². The van der Waals surface area contributed by atoms with Crippen LogP contribution in [0.1, 0.15) is 31.7 Å². The largest absolute Gasteiger partial charge is 0.340 e. The Hall–Kier alpha value is -1.88. The Kier molecular flexibility index (Phi) is 6.08. The summed E-state index contributed by atoms with van der Waals surface area (Å²) >= 11 is 0. The molecule has 2 fully saturated rings. The fourth-order valence-corrected chi connectivity index (χ4v) is 3.91. The molecule has 5 nitrogen and oxygen atoms in total. The summed E-state index contributed by atoms with van der Waals surface area (Å²) in [6.45, 7) is 7.49.